The van der Waals surface area contributed by atoms with Crippen LogP contribution in [0.25, 0.3) is 0 Å². The van der Waals surface area contributed by atoms with Gasteiger partial charge in [-0.05, 0) is 6.92 Å². The molecule has 3 nitrogen and oxygen atoms in total. The van der Waals surface area contributed by atoms with E-state index >= 15 is 0 Å². The summed E-state index contributed by atoms with van der Waals surface area (Å²) in [5.41, 5.74) is 0. The molecule has 1 N–H and O–H groups in total. The van der Waals surface area contributed by atoms with E-state index in [1.165, 1.54) is 4.90 Å². The number of amidine groups is 1. The van der Waals surface area contributed by atoms with Crippen LogP contribution in [0.3, 0.4) is 0 Å². The molecule has 1 aliphatic rings. The van der Waals surface area contributed by atoms with Gasteiger partial charge in [0.2, 0.25) is 5.91 Å². The van der Waals surface area contributed by atoms with Crippen molar-refractivity contribution in [3.05, 3.63) is 0 Å². The van der Waals surface area contributed by atoms with E-state index in [2.05, 4.69) is 0 Å². The molecule has 1 aliphatic heterocycles. The highest BCUT2D eigenvalue weighted by Crippen LogP contribution is 2.10. The third-order valence-electron chi connectivity index (χ3n) is 1.52. The largest absolute Gasteiger partial charge is 0.301 e. The predicted molar refractivity (Wildman–Crippen MR) is 45.7 cm³/mol. The Bertz CT molecular complexity index is 138. The summed E-state index contributed by atoms with van der Waals surface area (Å²) in [5, 5.41) is 7.24. The van der Waals surface area contributed by atoms with Crippen LogP contribution in [0, 0.1) is 5.41 Å². The number of hydrogen-bond acceptors (Lipinski definition) is 2. The lowest BCUT2D eigenvalue weighted by atomic mass is 10.4. The molecule has 1 amide bonds. The monoisotopic (exact) mass is 156 g/mol. The zero-order valence-corrected chi connectivity index (χ0v) is 7.48. The molecule has 0 aromatic rings. The summed E-state index contributed by atoms with van der Waals surface area (Å²) in [6, 6.07) is 0. The van der Waals surface area contributed by atoms with Crippen LogP contribution in [0.5, 0.6) is 0 Å². The molecule has 11 heavy (non-hydrogen) atoms. The molecule has 0 aliphatic carbocycles. The lowest BCUT2D eigenvalue weighted by Gasteiger charge is -2.10. The maximum absolute atomic E-state index is 10.8. The van der Waals surface area contributed by atoms with Crippen LogP contribution in [0.4, 0.5) is 0 Å². The van der Waals surface area contributed by atoms with Gasteiger partial charge in [-0.25, -0.2) is 0 Å². The van der Waals surface area contributed by atoms with Crippen LogP contribution in [0.15, 0.2) is 0 Å². The van der Waals surface area contributed by atoms with Crippen LogP contribution in [-0.2, 0) is 4.79 Å². The average Bonchev–Trinajstić information content (AvgIpc) is 2.35. The maximum Gasteiger partial charge on any atom is 0.228 e. The van der Waals surface area contributed by atoms with Gasteiger partial charge in [0.15, 0.2) is 0 Å². The molecule has 1 rings (SSSR count). The molecule has 64 valence electrons. The van der Waals surface area contributed by atoms with E-state index < -0.39 is 0 Å². The second-order valence-corrected chi connectivity index (χ2v) is 2.08. The van der Waals surface area contributed by atoms with Gasteiger partial charge in [0.25, 0.3) is 0 Å². The number of carbonyl (C=O) groups is 1. The molecule has 0 atom stereocenters. The lowest BCUT2D eigenvalue weighted by Crippen LogP contribution is -2.27. The fourth-order valence-corrected chi connectivity index (χ4v) is 1.01. The van der Waals surface area contributed by atoms with Crippen LogP contribution >= 0.6 is 0 Å². The number of nitrogens with one attached hydrogen (secondary N) is 1. The first kappa shape index (κ1) is 10.1. The van der Waals surface area contributed by atoms with E-state index in [1.54, 1.807) is 0 Å². The Labute approximate surface area is 67.9 Å². The number of nitrogens with zero attached hydrogens (tertiary/aromatic N) is 1. The van der Waals surface area contributed by atoms with Crippen molar-refractivity contribution in [2.45, 2.75) is 33.6 Å². The van der Waals surface area contributed by atoms with Gasteiger partial charge in [-0.1, -0.05) is 13.8 Å². The molecule has 0 aromatic carbocycles. The van der Waals surface area contributed by atoms with Crippen LogP contribution in [0.2, 0.25) is 0 Å². The van der Waals surface area contributed by atoms with Gasteiger partial charge >= 0.3 is 0 Å². The van der Waals surface area contributed by atoms with E-state index in [-0.39, 0.29) is 5.91 Å². The molecule has 1 saturated heterocycles. The molecule has 0 radical (unpaired) electrons. The topological polar surface area (TPSA) is 44.2 Å². The Morgan fingerprint density at radius 1 is 1.45 bits per heavy atom. The van der Waals surface area contributed by atoms with Gasteiger partial charge < -0.3 is 4.90 Å². The van der Waals surface area contributed by atoms with Crippen molar-refractivity contribution in [2.24, 2.45) is 0 Å². The van der Waals surface area contributed by atoms with E-state index in [0.29, 0.717) is 25.2 Å². The summed E-state index contributed by atoms with van der Waals surface area (Å²) in [6.45, 7) is 6.54. The second-order valence-electron chi connectivity index (χ2n) is 2.08. The highest BCUT2D eigenvalue weighted by atomic mass is 16.2. The van der Waals surface area contributed by atoms with E-state index in [4.69, 9.17) is 5.41 Å². The highest BCUT2D eigenvalue weighted by molar-refractivity contribution is 6.03. The first-order chi connectivity index (χ1) is 5.25. The van der Waals surface area contributed by atoms with Crippen LogP contribution in [0.1, 0.15) is 33.6 Å². The predicted octanol–water partition coefficient (Wildman–Crippen LogP) is 1.63. The Morgan fingerprint density at radius 2 is 2.00 bits per heavy atom. The lowest BCUT2D eigenvalue weighted by molar-refractivity contribution is -0.125. The Balaban J connectivity index is 0.000000461. The molecule has 3 heteroatoms. The summed E-state index contributed by atoms with van der Waals surface area (Å²) in [4.78, 5) is 12.3. The minimum Gasteiger partial charge on any atom is -0.301 e. The van der Waals surface area contributed by atoms with Gasteiger partial charge in [0.1, 0.15) is 5.84 Å². The average molecular weight is 156 g/mol. The maximum atomic E-state index is 10.8. The van der Waals surface area contributed by atoms with Crippen LogP contribution < -0.4 is 0 Å². The van der Waals surface area contributed by atoms with Crippen molar-refractivity contribution >= 4 is 11.7 Å². The Kier molecular flexibility index (Phi) is 4.50. The fraction of sp³-hybridized carbons (Fsp3) is 0.750. The molecular formula is C8H16N2O. The van der Waals surface area contributed by atoms with Crippen molar-refractivity contribution in [1.82, 2.24) is 4.90 Å². The van der Waals surface area contributed by atoms with Crippen molar-refractivity contribution < 1.29 is 4.79 Å². The minimum atomic E-state index is 0.0995. The smallest absolute Gasteiger partial charge is 0.228 e. The summed E-state index contributed by atoms with van der Waals surface area (Å²) in [7, 11) is 0. The fourth-order valence-electron chi connectivity index (χ4n) is 1.01. The minimum absolute atomic E-state index is 0.0995. The molecule has 0 aromatic heterocycles. The number of likely N-dealkylation sites (tertiary alicyclic amines) is 1. The molecule has 0 unspecified atom stereocenters. The van der Waals surface area contributed by atoms with Crippen molar-refractivity contribution in [1.29, 1.82) is 5.41 Å². The van der Waals surface area contributed by atoms with Gasteiger partial charge in [0, 0.05) is 19.4 Å². The van der Waals surface area contributed by atoms with Gasteiger partial charge in [-0.2, -0.15) is 0 Å². The summed E-state index contributed by atoms with van der Waals surface area (Å²) in [6.07, 6.45) is 1.17. The molecule has 0 spiro atoms. The number of hydrogen-bond donors (Lipinski definition) is 1. The first-order valence-electron chi connectivity index (χ1n) is 4.13. The number of carbonyl (C=O) groups excluding carboxylic acids is 1. The number of amides is 1. The van der Waals surface area contributed by atoms with Crippen molar-refractivity contribution in [3.8, 4) is 0 Å². The van der Waals surface area contributed by atoms with Crippen LogP contribution in [-0.4, -0.2) is 23.2 Å². The third-order valence-corrected chi connectivity index (χ3v) is 1.52. The molecular weight excluding hydrogens is 140 g/mol. The van der Waals surface area contributed by atoms with Crippen molar-refractivity contribution in [2.75, 3.05) is 6.54 Å². The SMILES string of the molecule is CC.CCN1C(=N)CCC1=O. The third kappa shape index (κ3) is 2.33. The quantitative estimate of drug-likeness (QED) is 0.616. The first-order valence-corrected chi connectivity index (χ1v) is 4.13. The summed E-state index contributed by atoms with van der Waals surface area (Å²) in [5.74, 6) is 0.574. The highest BCUT2D eigenvalue weighted by Gasteiger charge is 2.23. The summed E-state index contributed by atoms with van der Waals surface area (Å²) < 4.78 is 0. The Morgan fingerprint density at radius 3 is 2.18 bits per heavy atom. The normalized spacial score (nSPS) is 16.5. The molecule has 0 bridgehead atoms. The van der Waals surface area contributed by atoms with Gasteiger partial charge in [0.05, 0.1) is 0 Å². The second kappa shape index (κ2) is 4.88. The zero-order valence-electron chi connectivity index (χ0n) is 7.48. The zero-order chi connectivity index (χ0) is 8.85. The molecule has 1 heterocycles. The molecule has 1 fully saturated rings. The Hall–Kier alpha value is -0.860. The molecule has 0 saturated carbocycles. The van der Waals surface area contributed by atoms with Crippen molar-refractivity contribution in [3.63, 3.8) is 0 Å². The van der Waals surface area contributed by atoms with Gasteiger partial charge in [-0.3, -0.25) is 10.2 Å². The number of rotatable bonds is 1. The summed E-state index contributed by atoms with van der Waals surface area (Å²) >= 11 is 0. The van der Waals surface area contributed by atoms with E-state index in [9.17, 15) is 4.79 Å². The van der Waals surface area contributed by atoms with E-state index in [0.717, 1.165) is 0 Å². The van der Waals surface area contributed by atoms with E-state index in [1.807, 2.05) is 20.8 Å². The standard InChI is InChI=1S/C6H10N2O.C2H6/c1-2-8-5(7)3-4-6(8)9;1-2/h7H,2-4H2,1H3;1-2H3. The van der Waals surface area contributed by atoms with Gasteiger partial charge in [-0.15, -0.1) is 0 Å².